The Kier molecular flexibility index (Phi) is 2.29. The van der Waals surface area contributed by atoms with Gasteiger partial charge in [-0.25, -0.2) is 4.98 Å². The maximum absolute atomic E-state index is 11.4. The number of carbonyl (C=O) groups is 1. The summed E-state index contributed by atoms with van der Waals surface area (Å²) in [5.41, 5.74) is 0. The van der Waals surface area contributed by atoms with Crippen LogP contribution in [0.1, 0.15) is 13.3 Å². The largest absolute Gasteiger partial charge is 0.477 e. The fourth-order valence-electron chi connectivity index (χ4n) is 1.28. The lowest BCUT2D eigenvalue weighted by Crippen LogP contribution is -2.36. The van der Waals surface area contributed by atoms with Gasteiger partial charge < -0.3 is 10.1 Å². The Balaban J connectivity index is 2.36. The molecule has 0 fully saturated rings. The molecule has 0 spiro atoms. The molecule has 1 aliphatic heterocycles. The molecule has 1 atom stereocenters. The first-order chi connectivity index (χ1) is 6.70. The highest BCUT2D eigenvalue weighted by Gasteiger charge is 2.26. The number of amides is 1. The molecule has 0 bridgehead atoms. The van der Waals surface area contributed by atoms with Gasteiger partial charge in [-0.2, -0.15) is 0 Å². The molecule has 74 valence electrons. The number of fused-ring (bicyclic) bond motifs is 1. The molecule has 1 unspecified atom stereocenters. The molecule has 1 aromatic heterocycles. The second kappa shape index (κ2) is 3.46. The van der Waals surface area contributed by atoms with E-state index in [4.69, 9.17) is 16.3 Å². The molecule has 0 radical (unpaired) electrons. The summed E-state index contributed by atoms with van der Waals surface area (Å²) in [5, 5.41) is 3.15. The Morgan fingerprint density at radius 3 is 3.21 bits per heavy atom. The van der Waals surface area contributed by atoms with E-state index in [2.05, 4.69) is 10.3 Å². The van der Waals surface area contributed by atoms with Crippen molar-refractivity contribution in [2.75, 3.05) is 5.32 Å². The minimum absolute atomic E-state index is 0.158. The lowest BCUT2D eigenvalue weighted by atomic mass is 10.2. The van der Waals surface area contributed by atoms with Gasteiger partial charge in [0.15, 0.2) is 17.7 Å². The first-order valence-corrected chi connectivity index (χ1v) is 4.71. The molecule has 0 aliphatic carbocycles. The molecule has 2 heterocycles. The van der Waals surface area contributed by atoms with Crippen molar-refractivity contribution in [3.63, 3.8) is 0 Å². The Morgan fingerprint density at radius 1 is 1.71 bits per heavy atom. The Labute approximate surface area is 86.2 Å². The molecule has 1 amide bonds. The molecule has 0 saturated heterocycles. The van der Waals surface area contributed by atoms with E-state index in [1.165, 1.54) is 6.20 Å². The van der Waals surface area contributed by atoms with Gasteiger partial charge >= 0.3 is 0 Å². The summed E-state index contributed by atoms with van der Waals surface area (Å²) in [7, 11) is 0. The van der Waals surface area contributed by atoms with Gasteiger partial charge in [-0.3, -0.25) is 4.79 Å². The van der Waals surface area contributed by atoms with Crippen molar-refractivity contribution in [1.82, 2.24) is 4.98 Å². The number of carbonyl (C=O) groups excluding carboxylic acids is 1. The highest BCUT2D eigenvalue weighted by Crippen LogP contribution is 2.30. The number of hydrogen-bond acceptors (Lipinski definition) is 3. The molecular weight excluding hydrogens is 204 g/mol. The van der Waals surface area contributed by atoms with Crippen LogP contribution in [0, 0.1) is 0 Å². The number of pyridine rings is 1. The summed E-state index contributed by atoms with van der Waals surface area (Å²) in [5.74, 6) is 0.808. The van der Waals surface area contributed by atoms with Crippen molar-refractivity contribution in [2.45, 2.75) is 19.4 Å². The summed E-state index contributed by atoms with van der Waals surface area (Å²) in [4.78, 5) is 15.3. The van der Waals surface area contributed by atoms with Gasteiger partial charge in [0.1, 0.15) is 0 Å². The average molecular weight is 213 g/mol. The van der Waals surface area contributed by atoms with Gasteiger partial charge in [0.25, 0.3) is 5.91 Å². The Hall–Kier alpha value is -1.29. The van der Waals surface area contributed by atoms with Gasteiger partial charge in [-0.15, -0.1) is 0 Å². The minimum atomic E-state index is -0.442. The molecular formula is C9H9ClN2O2. The number of hydrogen-bond donors (Lipinski definition) is 1. The first-order valence-electron chi connectivity index (χ1n) is 4.33. The molecule has 1 aromatic rings. The maximum Gasteiger partial charge on any atom is 0.266 e. The standard InChI is InChI=1S/C9H9ClN2O2/c1-2-6-9(13)12-8-7(14-6)3-5(10)4-11-8/h3-4,6H,2H2,1H3,(H,11,12,13). The van der Waals surface area contributed by atoms with Crippen LogP contribution in [0.3, 0.4) is 0 Å². The van der Waals surface area contributed by atoms with E-state index in [1.54, 1.807) is 6.07 Å². The van der Waals surface area contributed by atoms with Crippen molar-refractivity contribution in [3.8, 4) is 5.75 Å². The highest BCUT2D eigenvalue weighted by molar-refractivity contribution is 6.30. The van der Waals surface area contributed by atoms with Gasteiger partial charge in [-0.1, -0.05) is 18.5 Å². The van der Waals surface area contributed by atoms with Gasteiger partial charge in [0, 0.05) is 12.3 Å². The number of halogens is 1. The van der Waals surface area contributed by atoms with Crippen molar-refractivity contribution < 1.29 is 9.53 Å². The number of anilines is 1. The van der Waals surface area contributed by atoms with E-state index in [0.717, 1.165) is 0 Å². The lowest BCUT2D eigenvalue weighted by Gasteiger charge is -2.23. The molecule has 4 nitrogen and oxygen atoms in total. The quantitative estimate of drug-likeness (QED) is 0.773. The third-order valence-electron chi connectivity index (χ3n) is 1.99. The van der Waals surface area contributed by atoms with Crippen molar-refractivity contribution >= 4 is 23.3 Å². The molecule has 1 aliphatic rings. The Morgan fingerprint density at radius 2 is 2.50 bits per heavy atom. The van der Waals surface area contributed by atoms with Crippen molar-refractivity contribution in [1.29, 1.82) is 0 Å². The number of aromatic nitrogens is 1. The van der Waals surface area contributed by atoms with Crippen LogP contribution in [-0.4, -0.2) is 17.0 Å². The average Bonchev–Trinajstić information content (AvgIpc) is 2.17. The topological polar surface area (TPSA) is 51.2 Å². The Bertz CT molecular complexity index is 381. The third-order valence-corrected chi connectivity index (χ3v) is 2.20. The second-order valence-electron chi connectivity index (χ2n) is 3.00. The zero-order valence-electron chi connectivity index (χ0n) is 7.58. The van der Waals surface area contributed by atoms with Crippen LogP contribution in [0.15, 0.2) is 12.3 Å². The summed E-state index contributed by atoms with van der Waals surface area (Å²) in [6, 6.07) is 1.64. The zero-order valence-corrected chi connectivity index (χ0v) is 8.34. The lowest BCUT2D eigenvalue weighted by molar-refractivity contribution is -0.123. The fourth-order valence-corrected chi connectivity index (χ4v) is 1.43. The summed E-state index contributed by atoms with van der Waals surface area (Å²) >= 11 is 5.75. The summed E-state index contributed by atoms with van der Waals surface area (Å²) < 4.78 is 5.42. The maximum atomic E-state index is 11.4. The monoisotopic (exact) mass is 212 g/mol. The van der Waals surface area contributed by atoms with Gasteiger partial charge in [0.05, 0.1) is 5.02 Å². The predicted octanol–water partition coefficient (Wildman–Crippen LogP) is 1.84. The normalized spacial score (nSPS) is 19.6. The molecule has 14 heavy (non-hydrogen) atoms. The minimum Gasteiger partial charge on any atom is -0.477 e. The van der Waals surface area contributed by atoms with E-state index < -0.39 is 6.10 Å². The number of nitrogens with one attached hydrogen (secondary N) is 1. The number of nitrogens with zero attached hydrogens (tertiary/aromatic N) is 1. The molecule has 0 saturated carbocycles. The summed E-state index contributed by atoms with van der Waals surface area (Å²) in [6.07, 6.45) is 1.65. The number of rotatable bonds is 1. The van der Waals surface area contributed by atoms with Crippen molar-refractivity contribution in [2.24, 2.45) is 0 Å². The van der Waals surface area contributed by atoms with E-state index in [0.29, 0.717) is 23.0 Å². The van der Waals surface area contributed by atoms with Crippen LogP contribution in [0.5, 0.6) is 5.75 Å². The van der Waals surface area contributed by atoms with Crippen LogP contribution in [0.2, 0.25) is 5.02 Å². The van der Waals surface area contributed by atoms with E-state index in [1.807, 2.05) is 6.92 Å². The van der Waals surface area contributed by atoms with Gasteiger partial charge in [0.2, 0.25) is 0 Å². The fraction of sp³-hybridized carbons (Fsp3) is 0.333. The van der Waals surface area contributed by atoms with E-state index in [-0.39, 0.29) is 5.91 Å². The van der Waals surface area contributed by atoms with Crippen LogP contribution >= 0.6 is 11.6 Å². The predicted molar refractivity (Wildman–Crippen MR) is 52.6 cm³/mol. The third kappa shape index (κ3) is 1.53. The molecule has 0 aromatic carbocycles. The second-order valence-corrected chi connectivity index (χ2v) is 3.44. The summed E-state index contributed by atoms with van der Waals surface area (Å²) in [6.45, 7) is 1.88. The smallest absolute Gasteiger partial charge is 0.266 e. The molecule has 1 N–H and O–H groups in total. The molecule has 2 rings (SSSR count). The van der Waals surface area contributed by atoms with Crippen LogP contribution in [-0.2, 0) is 4.79 Å². The van der Waals surface area contributed by atoms with Crippen LogP contribution in [0.4, 0.5) is 5.82 Å². The van der Waals surface area contributed by atoms with E-state index >= 15 is 0 Å². The first kappa shape index (κ1) is 9.27. The van der Waals surface area contributed by atoms with Gasteiger partial charge in [-0.05, 0) is 6.42 Å². The highest BCUT2D eigenvalue weighted by atomic mass is 35.5. The SMILES string of the molecule is CCC1Oc2cc(Cl)cnc2NC1=O. The van der Waals surface area contributed by atoms with Crippen LogP contribution in [0.25, 0.3) is 0 Å². The van der Waals surface area contributed by atoms with E-state index in [9.17, 15) is 4.79 Å². The van der Waals surface area contributed by atoms with Crippen molar-refractivity contribution in [3.05, 3.63) is 17.3 Å². The molecule has 5 heteroatoms. The zero-order chi connectivity index (χ0) is 10.1. The van der Waals surface area contributed by atoms with Crippen LogP contribution < -0.4 is 10.1 Å². The number of ether oxygens (including phenoxy) is 1.